The topological polar surface area (TPSA) is 24.7 Å². The van der Waals surface area contributed by atoms with Crippen molar-refractivity contribution < 1.29 is 42.1 Å². The van der Waals surface area contributed by atoms with E-state index in [0.29, 0.717) is 12.1 Å². The summed E-state index contributed by atoms with van der Waals surface area (Å²) in [5.74, 6) is 0. The molecule has 0 atom stereocenters. The van der Waals surface area contributed by atoms with Crippen molar-refractivity contribution in [3.63, 3.8) is 0 Å². The van der Waals surface area contributed by atoms with E-state index in [-0.39, 0.29) is 42.1 Å². The van der Waals surface area contributed by atoms with Crippen LogP contribution < -0.4 is 0 Å². The average Bonchev–Trinajstić information content (AvgIpc) is 2.82. The molecule has 132 valence electrons. The monoisotopic (exact) mass is 673 g/mol. The quantitative estimate of drug-likeness (QED) is 0.262. The van der Waals surface area contributed by atoms with Gasteiger partial charge in [0.1, 0.15) is 0 Å². The zero-order chi connectivity index (χ0) is 16.8. The van der Waals surface area contributed by atoms with E-state index in [4.69, 9.17) is 4.99 Å². The van der Waals surface area contributed by atoms with Crippen LogP contribution >= 0.6 is 0 Å². The Morgan fingerprint density at radius 1 is 0.680 bits per heavy atom. The minimum absolute atomic E-state index is 0. The summed E-state index contributed by atoms with van der Waals surface area (Å²) in [6.07, 6.45) is 2.69. The van der Waals surface area contributed by atoms with Crippen molar-refractivity contribution in [1.82, 2.24) is 0 Å². The van der Waals surface area contributed by atoms with Crippen LogP contribution in [0.15, 0.2) is 58.5 Å². The van der Waals surface area contributed by atoms with Crippen molar-refractivity contribution in [3.8, 4) is 11.1 Å². The van der Waals surface area contributed by atoms with E-state index in [2.05, 4.69) is 73.6 Å². The van der Waals surface area contributed by atoms with E-state index in [1.165, 1.54) is 22.3 Å². The molecule has 0 unspecified atom stereocenters. The van der Waals surface area contributed by atoms with Crippen molar-refractivity contribution >= 4 is 11.9 Å². The van der Waals surface area contributed by atoms with Crippen molar-refractivity contribution in [2.45, 2.75) is 46.7 Å². The maximum Gasteiger partial charge on any atom is 0.0734 e. The molecule has 0 aromatic heterocycles. The van der Waals surface area contributed by atoms with Gasteiger partial charge in [-0.25, -0.2) is 0 Å². The van der Waals surface area contributed by atoms with Crippen LogP contribution in [0, 0.1) is 0 Å². The summed E-state index contributed by atoms with van der Waals surface area (Å²) in [4.78, 5) is 8.65. The third-order valence-corrected chi connectivity index (χ3v) is 3.43. The van der Waals surface area contributed by atoms with Crippen molar-refractivity contribution in [1.29, 1.82) is 0 Å². The van der Waals surface area contributed by atoms with Crippen LogP contribution in [0.5, 0.6) is 0 Å². The Morgan fingerprint density at radius 3 is 1.36 bits per heavy atom. The first-order valence-electron chi connectivity index (χ1n) is 8.18. The Labute approximate surface area is 180 Å². The average molecular weight is 673 g/mol. The van der Waals surface area contributed by atoms with E-state index in [1.54, 1.807) is 6.92 Å². The number of aliphatic imine (C=N–C) groups is 2. The van der Waals surface area contributed by atoms with Gasteiger partial charge in [-0.3, -0.25) is 4.99 Å². The minimum Gasteiger partial charge on any atom is -0.501 e. The summed E-state index contributed by atoms with van der Waals surface area (Å²) in [6, 6.07) is 17.8. The SMILES string of the molecule is CC(C)N=C1c2ccccc2-c2ccccc21.C[C-]=NC(C)C.[W].[W]. The van der Waals surface area contributed by atoms with Crippen LogP contribution in [-0.2, 0) is 42.1 Å². The van der Waals surface area contributed by atoms with Crippen molar-refractivity contribution in [2.24, 2.45) is 9.98 Å². The number of hydrogen-bond donors (Lipinski definition) is 0. The van der Waals surface area contributed by atoms with Crippen LogP contribution in [0.3, 0.4) is 0 Å². The Morgan fingerprint density at radius 2 is 1.08 bits per heavy atom. The summed E-state index contributed by atoms with van der Waals surface area (Å²) in [5.41, 5.74) is 6.29. The second-order valence-corrected chi connectivity index (χ2v) is 6.11. The van der Waals surface area contributed by atoms with Crippen molar-refractivity contribution in [3.05, 3.63) is 59.7 Å². The van der Waals surface area contributed by atoms with Gasteiger partial charge in [0.2, 0.25) is 0 Å². The Kier molecular flexibility index (Phi) is 11.3. The van der Waals surface area contributed by atoms with Crippen LogP contribution in [0.1, 0.15) is 45.7 Å². The summed E-state index contributed by atoms with van der Waals surface area (Å²) < 4.78 is 0. The van der Waals surface area contributed by atoms with E-state index >= 15 is 0 Å². The summed E-state index contributed by atoms with van der Waals surface area (Å²) in [5, 5.41) is 0. The number of rotatable bonds is 2. The minimum atomic E-state index is 0. The van der Waals surface area contributed by atoms with Gasteiger partial charge >= 0.3 is 0 Å². The first-order valence-corrected chi connectivity index (χ1v) is 8.18. The van der Waals surface area contributed by atoms with Crippen molar-refractivity contribution in [2.75, 3.05) is 0 Å². The van der Waals surface area contributed by atoms with E-state index < -0.39 is 0 Å². The van der Waals surface area contributed by atoms with Gasteiger partial charge in [0, 0.05) is 65.3 Å². The fraction of sp³-hybridized carbons (Fsp3) is 0.333. The van der Waals surface area contributed by atoms with Gasteiger partial charge in [0.25, 0.3) is 0 Å². The molecule has 0 radical (unpaired) electrons. The molecule has 2 nitrogen and oxygen atoms in total. The van der Waals surface area contributed by atoms with Crippen LogP contribution in [-0.4, -0.2) is 24.0 Å². The number of benzene rings is 2. The molecule has 1 aliphatic carbocycles. The van der Waals surface area contributed by atoms with Crippen LogP contribution in [0.4, 0.5) is 0 Å². The second-order valence-electron chi connectivity index (χ2n) is 6.11. The normalized spacial score (nSPS) is 11.2. The predicted molar refractivity (Wildman–Crippen MR) is 101 cm³/mol. The molecule has 0 fully saturated rings. The maximum absolute atomic E-state index is 4.78. The van der Waals surface area contributed by atoms with E-state index in [0.717, 1.165) is 5.71 Å². The molecule has 2 aromatic carbocycles. The molecular formula is C21H25N2W2-. The van der Waals surface area contributed by atoms with Gasteiger partial charge < -0.3 is 11.2 Å². The standard InChI is InChI=1S/C16H15N.C5H10N.2W/c1-11(2)17-16-14-9-5-3-7-12(14)13-8-4-6-10-15(13)16;1-4-6-5(2)3;;/h3-11H,1-2H3;5H,1-3H3;;/q;-1;;. The molecule has 0 aliphatic heterocycles. The van der Waals surface area contributed by atoms with Gasteiger partial charge in [-0.1, -0.05) is 48.5 Å². The van der Waals surface area contributed by atoms with Crippen LogP contribution in [0.25, 0.3) is 11.1 Å². The number of nitrogens with zero attached hydrogens (tertiary/aromatic N) is 2. The second kappa shape index (κ2) is 11.7. The van der Waals surface area contributed by atoms with E-state index in [9.17, 15) is 0 Å². The third-order valence-electron chi connectivity index (χ3n) is 3.43. The first kappa shape index (κ1) is 24.2. The smallest absolute Gasteiger partial charge is 0.0734 e. The fourth-order valence-electron chi connectivity index (χ4n) is 2.65. The molecule has 0 N–H and O–H groups in total. The molecule has 0 heterocycles. The maximum atomic E-state index is 4.78. The first-order chi connectivity index (χ1) is 11.0. The molecular weight excluding hydrogens is 648 g/mol. The molecule has 4 heteroatoms. The summed E-state index contributed by atoms with van der Waals surface area (Å²) >= 11 is 0. The Bertz CT molecular complexity index is 672. The molecule has 1 aliphatic rings. The van der Waals surface area contributed by atoms with Crippen LogP contribution in [0.2, 0.25) is 0 Å². The molecule has 0 bridgehead atoms. The number of hydrogen-bond acceptors (Lipinski definition) is 2. The van der Waals surface area contributed by atoms with Gasteiger partial charge in [0.05, 0.1) is 5.71 Å². The van der Waals surface area contributed by atoms with E-state index in [1.807, 2.05) is 13.8 Å². The molecule has 0 saturated carbocycles. The molecule has 0 amide bonds. The Hall–Kier alpha value is -0.843. The van der Waals surface area contributed by atoms with Gasteiger partial charge in [-0.05, 0) is 38.8 Å². The molecule has 0 saturated heterocycles. The predicted octanol–water partition coefficient (Wildman–Crippen LogP) is 5.27. The zero-order valence-electron chi connectivity index (χ0n) is 15.5. The third kappa shape index (κ3) is 6.43. The van der Waals surface area contributed by atoms with Gasteiger partial charge in [-0.2, -0.15) is 6.92 Å². The zero-order valence-corrected chi connectivity index (χ0v) is 21.4. The summed E-state index contributed by atoms with van der Waals surface area (Å²) in [7, 11) is 0. The summed E-state index contributed by atoms with van der Waals surface area (Å²) in [6.45, 7) is 10.1. The molecule has 0 spiro atoms. The van der Waals surface area contributed by atoms with Gasteiger partial charge in [0.15, 0.2) is 0 Å². The molecule has 3 rings (SSSR count). The number of fused-ring (bicyclic) bond motifs is 3. The molecule has 2 aromatic rings. The van der Waals surface area contributed by atoms with Gasteiger partial charge in [-0.15, -0.1) is 0 Å². The Balaban J connectivity index is 0.000000633. The molecule has 25 heavy (non-hydrogen) atoms. The fourth-order valence-corrected chi connectivity index (χ4v) is 2.65. The largest absolute Gasteiger partial charge is 0.501 e.